The van der Waals surface area contributed by atoms with Crippen molar-refractivity contribution in [2.45, 2.75) is 51.2 Å². The summed E-state index contributed by atoms with van der Waals surface area (Å²) >= 11 is 0. The number of rotatable bonds is 14. The molecule has 42 heavy (non-hydrogen) atoms. The van der Waals surface area contributed by atoms with Gasteiger partial charge in [0, 0.05) is 12.1 Å². The second kappa shape index (κ2) is 15.5. The van der Waals surface area contributed by atoms with E-state index in [1.54, 1.807) is 36.4 Å². The predicted octanol–water partition coefficient (Wildman–Crippen LogP) is 4.04. The van der Waals surface area contributed by atoms with Crippen molar-refractivity contribution in [3.63, 3.8) is 0 Å². The molecule has 0 spiro atoms. The van der Waals surface area contributed by atoms with Crippen LogP contribution >= 0.6 is 0 Å². The van der Waals surface area contributed by atoms with Gasteiger partial charge in [-0.15, -0.1) is 0 Å². The summed E-state index contributed by atoms with van der Waals surface area (Å²) in [5, 5.41) is 13.2. The molecule has 0 heterocycles. The van der Waals surface area contributed by atoms with Crippen LogP contribution in [0.15, 0.2) is 91.0 Å². The topological polar surface area (TPSA) is 137 Å². The number of benzene rings is 3. The van der Waals surface area contributed by atoms with E-state index in [2.05, 4.69) is 5.32 Å². The number of carbonyl (C=O) groups excluding carboxylic acids is 3. The standard InChI is InChI=1S/C32H35NO9/c1-32(2,3)33-19-25(21-39-20-22-13-7-4-8-14-22)40-31(38)27(42-30(37)24-17-11-6-12-18-24)26(28(34)35)41-29(36)23-15-9-5-10-16-23/h4-18,25-27,33H,19-21H2,1-3H3,(H,34,35). The molecule has 0 radical (unpaired) electrons. The lowest BCUT2D eigenvalue weighted by atomic mass is 10.1. The van der Waals surface area contributed by atoms with E-state index in [9.17, 15) is 24.3 Å². The van der Waals surface area contributed by atoms with Crippen LogP contribution in [0, 0.1) is 0 Å². The molecule has 10 heteroatoms. The van der Waals surface area contributed by atoms with E-state index >= 15 is 0 Å². The molecule has 3 unspecified atom stereocenters. The maximum Gasteiger partial charge on any atom is 0.352 e. The Morgan fingerprint density at radius 3 is 1.67 bits per heavy atom. The van der Waals surface area contributed by atoms with Crippen LogP contribution in [0.3, 0.4) is 0 Å². The number of hydrogen-bond donors (Lipinski definition) is 2. The molecule has 3 aromatic carbocycles. The highest BCUT2D eigenvalue weighted by atomic mass is 16.6. The van der Waals surface area contributed by atoms with Crippen molar-refractivity contribution in [3.05, 3.63) is 108 Å². The highest BCUT2D eigenvalue weighted by Crippen LogP contribution is 2.16. The summed E-state index contributed by atoms with van der Waals surface area (Å²) in [7, 11) is 0. The number of hydrogen-bond acceptors (Lipinski definition) is 9. The Hall–Kier alpha value is -4.54. The van der Waals surface area contributed by atoms with Crippen molar-refractivity contribution in [3.8, 4) is 0 Å². The fourth-order valence-corrected chi connectivity index (χ4v) is 3.66. The Labute approximate surface area is 244 Å². The summed E-state index contributed by atoms with van der Waals surface area (Å²) in [5.41, 5.74) is 0.663. The highest BCUT2D eigenvalue weighted by molar-refractivity contribution is 5.95. The minimum atomic E-state index is -2.20. The van der Waals surface area contributed by atoms with Crippen LogP contribution in [-0.2, 0) is 35.1 Å². The molecule has 0 aliphatic carbocycles. The van der Waals surface area contributed by atoms with E-state index in [-0.39, 0.29) is 36.4 Å². The van der Waals surface area contributed by atoms with E-state index in [0.717, 1.165) is 5.56 Å². The minimum Gasteiger partial charge on any atom is -0.478 e. The lowest BCUT2D eigenvalue weighted by molar-refractivity contribution is -0.176. The van der Waals surface area contributed by atoms with Crippen LogP contribution < -0.4 is 5.32 Å². The SMILES string of the molecule is CC(C)(C)NCC(COCc1ccccc1)OC(=O)C(OC(=O)c1ccccc1)C(OC(=O)c1ccccc1)C(=O)O. The summed E-state index contributed by atoms with van der Waals surface area (Å²) in [4.78, 5) is 51.5. The summed E-state index contributed by atoms with van der Waals surface area (Å²) in [5.74, 6) is -4.93. The molecule has 0 aromatic heterocycles. The molecular formula is C32H35NO9. The van der Waals surface area contributed by atoms with Crippen molar-refractivity contribution in [1.82, 2.24) is 5.32 Å². The first-order valence-corrected chi connectivity index (χ1v) is 13.4. The number of carboxylic acids is 1. The summed E-state index contributed by atoms with van der Waals surface area (Å²) in [6.07, 6.45) is -5.22. The van der Waals surface area contributed by atoms with Crippen LogP contribution in [-0.4, -0.2) is 66.0 Å². The second-order valence-electron chi connectivity index (χ2n) is 10.4. The predicted molar refractivity (Wildman–Crippen MR) is 153 cm³/mol. The van der Waals surface area contributed by atoms with Gasteiger partial charge in [0.25, 0.3) is 0 Å². The number of carboxylic acid groups (broad SMARTS) is 1. The Balaban J connectivity index is 1.84. The van der Waals surface area contributed by atoms with Gasteiger partial charge in [-0.25, -0.2) is 19.2 Å². The maximum absolute atomic E-state index is 13.5. The number of aliphatic carboxylic acids is 1. The third-order valence-electron chi connectivity index (χ3n) is 5.80. The Morgan fingerprint density at radius 1 is 0.714 bits per heavy atom. The first-order chi connectivity index (χ1) is 20.0. The molecule has 2 N–H and O–H groups in total. The average molecular weight is 578 g/mol. The summed E-state index contributed by atoms with van der Waals surface area (Å²) in [6.45, 7) is 6.10. The second-order valence-corrected chi connectivity index (χ2v) is 10.4. The van der Waals surface area contributed by atoms with Crippen molar-refractivity contribution >= 4 is 23.9 Å². The monoisotopic (exact) mass is 577 g/mol. The van der Waals surface area contributed by atoms with Crippen molar-refractivity contribution in [2.24, 2.45) is 0 Å². The van der Waals surface area contributed by atoms with E-state index < -0.39 is 42.2 Å². The van der Waals surface area contributed by atoms with Gasteiger partial charge in [-0.1, -0.05) is 66.7 Å². The lowest BCUT2D eigenvalue weighted by Crippen LogP contribution is -2.49. The first-order valence-electron chi connectivity index (χ1n) is 13.4. The Kier molecular flexibility index (Phi) is 11.8. The third kappa shape index (κ3) is 10.5. The largest absolute Gasteiger partial charge is 0.478 e. The molecule has 0 bridgehead atoms. The van der Waals surface area contributed by atoms with Crippen molar-refractivity contribution in [2.75, 3.05) is 13.2 Å². The maximum atomic E-state index is 13.5. The van der Waals surface area contributed by atoms with E-state index in [0.29, 0.717) is 0 Å². The van der Waals surface area contributed by atoms with Crippen LogP contribution in [0.1, 0.15) is 47.1 Å². The van der Waals surface area contributed by atoms with Gasteiger partial charge in [0.2, 0.25) is 12.2 Å². The van der Waals surface area contributed by atoms with Crippen LogP contribution in [0.2, 0.25) is 0 Å². The van der Waals surface area contributed by atoms with Gasteiger partial charge in [0.05, 0.1) is 24.3 Å². The molecule has 3 aromatic rings. The smallest absolute Gasteiger partial charge is 0.352 e. The lowest BCUT2D eigenvalue weighted by Gasteiger charge is -2.28. The minimum absolute atomic E-state index is 0.0480. The van der Waals surface area contributed by atoms with Gasteiger partial charge in [-0.2, -0.15) is 0 Å². The summed E-state index contributed by atoms with van der Waals surface area (Å²) in [6, 6.07) is 24.7. The number of esters is 3. The summed E-state index contributed by atoms with van der Waals surface area (Å²) < 4.78 is 22.0. The number of carbonyl (C=O) groups is 4. The molecule has 0 amide bonds. The molecular weight excluding hydrogens is 542 g/mol. The third-order valence-corrected chi connectivity index (χ3v) is 5.80. The quantitative estimate of drug-likeness (QED) is 0.213. The number of ether oxygens (including phenoxy) is 4. The first kappa shape index (κ1) is 32.0. The van der Waals surface area contributed by atoms with Crippen LogP contribution in [0.5, 0.6) is 0 Å². The van der Waals surface area contributed by atoms with E-state index in [4.69, 9.17) is 18.9 Å². The molecule has 222 valence electrons. The van der Waals surface area contributed by atoms with Gasteiger partial charge in [-0.3, -0.25) is 0 Å². The zero-order valence-corrected chi connectivity index (χ0v) is 23.7. The average Bonchev–Trinajstić information content (AvgIpc) is 2.98. The molecule has 0 saturated heterocycles. The number of nitrogens with one attached hydrogen (secondary N) is 1. The molecule has 10 nitrogen and oxygen atoms in total. The fourth-order valence-electron chi connectivity index (χ4n) is 3.66. The van der Waals surface area contributed by atoms with Crippen LogP contribution in [0.25, 0.3) is 0 Å². The van der Waals surface area contributed by atoms with Gasteiger partial charge in [0.1, 0.15) is 6.10 Å². The van der Waals surface area contributed by atoms with Crippen LogP contribution in [0.4, 0.5) is 0 Å². The van der Waals surface area contributed by atoms with E-state index in [1.165, 1.54) is 24.3 Å². The zero-order valence-electron chi connectivity index (χ0n) is 23.7. The normalized spacial score (nSPS) is 13.3. The fraction of sp³-hybridized carbons (Fsp3) is 0.312. The van der Waals surface area contributed by atoms with Gasteiger partial charge in [0.15, 0.2) is 0 Å². The molecule has 0 saturated carbocycles. The van der Waals surface area contributed by atoms with Gasteiger partial charge >= 0.3 is 23.9 Å². The molecule has 0 fully saturated rings. The molecule has 3 rings (SSSR count). The molecule has 0 aliphatic rings. The van der Waals surface area contributed by atoms with E-state index in [1.807, 2.05) is 51.1 Å². The Bertz CT molecular complexity index is 1310. The van der Waals surface area contributed by atoms with Crippen molar-refractivity contribution in [1.29, 1.82) is 0 Å². The van der Waals surface area contributed by atoms with Gasteiger partial charge < -0.3 is 29.4 Å². The van der Waals surface area contributed by atoms with Gasteiger partial charge in [-0.05, 0) is 50.6 Å². The van der Waals surface area contributed by atoms with Crippen molar-refractivity contribution < 1.29 is 43.2 Å². The highest BCUT2D eigenvalue weighted by Gasteiger charge is 2.43. The Morgan fingerprint density at radius 2 is 1.19 bits per heavy atom. The zero-order chi connectivity index (χ0) is 30.5. The molecule has 3 atom stereocenters. The molecule has 0 aliphatic heterocycles.